The standard InChI is InChI=1S/C13H18BrN3/c1-9-5-10(14)6-12-13(9)17-4-3-15-7-11(17)8-16(12)2/h5-6,11,15H,3-4,7-8H2,1-2H3. The highest BCUT2D eigenvalue weighted by molar-refractivity contribution is 9.10. The van der Waals surface area contributed by atoms with Gasteiger partial charge in [-0.2, -0.15) is 0 Å². The topological polar surface area (TPSA) is 18.5 Å². The van der Waals surface area contributed by atoms with E-state index in [2.05, 4.69) is 57.2 Å². The normalized spacial score (nSPS) is 23.4. The van der Waals surface area contributed by atoms with Crippen LogP contribution in [0.1, 0.15) is 5.56 Å². The first kappa shape index (κ1) is 11.4. The minimum atomic E-state index is 0.612. The molecular formula is C13H18BrN3. The fraction of sp³-hybridized carbons (Fsp3) is 0.538. The molecule has 0 aromatic heterocycles. The molecule has 0 saturated carbocycles. The van der Waals surface area contributed by atoms with E-state index in [-0.39, 0.29) is 0 Å². The summed E-state index contributed by atoms with van der Waals surface area (Å²) in [5.41, 5.74) is 4.15. The molecule has 3 nitrogen and oxygen atoms in total. The molecule has 1 unspecified atom stereocenters. The molecule has 2 aliphatic rings. The molecule has 1 aromatic carbocycles. The van der Waals surface area contributed by atoms with Crippen LogP contribution in [0.25, 0.3) is 0 Å². The van der Waals surface area contributed by atoms with Gasteiger partial charge < -0.3 is 15.1 Å². The third-order valence-electron chi connectivity index (χ3n) is 3.78. The van der Waals surface area contributed by atoms with Gasteiger partial charge in [0, 0.05) is 37.7 Å². The average Bonchev–Trinajstić information content (AvgIpc) is 2.29. The number of rotatable bonds is 0. The van der Waals surface area contributed by atoms with E-state index in [0.29, 0.717) is 6.04 Å². The van der Waals surface area contributed by atoms with Crippen molar-refractivity contribution in [1.29, 1.82) is 0 Å². The summed E-state index contributed by atoms with van der Waals surface area (Å²) in [6.45, 7) is 6.63. The van der Waals surface area contributed by atoms with Gasteiger partial charge in [-0.25, -0.2) is 0 Å². The molecule has 1 fully saturated rings. The predicted octanol–water partition coefficient (Wildman–Crippen LogP) is 1.99. The molecule has 1 aromatic rings. The van der Waals surface area contributed by atoms with Crippen LogP contribution in [-0.2, 0) is 0 Å². The number of halogens is 1. The number of nitrogens with zero attached hydrogens (tertiary/aromatic N) is 2. The van der Waals surface area contributed by atoms with Crippen LogP contribution in [0, 0.1) is 6.92 Å². The molecule has 0 aliphatic carbocycles. The number of fused-ring (bicyclic) bond motifs is 3. The maximum absolute atomic E-state index is 3.60. The van der Waals surface area contributed by atoms with E-state index in [0.717, 1.165) is 26.2 Å². The maximum atomic E-state index is 3.60. The van der Waals surface area contributed by atoms with E-state index in [1.54, 1.807) is 0 Å². The van der Waals surface area contributed by atoms with E-state index in [4.69, 9.17) is 0 Å². The van der Waals surface area contributed by atoms with Crippen LogP contribution in [0.15, 0.2) is 16.6 Å². The molecule has 2 aliphatic heterocycles. The third-order valence-corrected chi connectivity index (χ3v) is 4.24. The van der Waals surface area contributed by atoms with E-state index in [1.807, 2.05) is 0 Å². The lowest BCUT2D eigenvalue weighted by Gasteiger charge is -2.46. The summed E-state index contributed by atoms with van der Waals surface area (Å²) in [6.07, 6.45) is 0. The Morgan fingerprint density at radius 2 is 2.24 bits per heavy atom. The van der Waals surface area contributed by atoms with E-state index in [9.17, 15) is 0 Å². The first-order valence-corrected chi connectivity index (χ1v) is 6.95. The predicted molar refractivity (Wildman–Crippen MR) is 76.2 cm³/mol. The molecule has 3 rings (SSSR count). The Bertz CT molecular complexity index is 447. The van der Waals surface area contributed by atoms with Crippen molar-refractivity contribution in [2.24, 2.45) is 0 Å². The fourth-order valence-electron chi connectivity index (χ4n) is 3.02. The Morgan fingerprint density at radius 3 is 3.06 bits per heavy atom. The van der Waals surface area contributed by atoms with Crippen LogP contribution < -0.4 is 15.1 Å². The fourth-order valence-corrected chi connectivity index (χ4v) is 3.58. The zero-order valence-electron chi connectivity index (χ0n) is 10.3. The summed E-state index contributed by atoms with van der Waals surface area (Å²) in [5, 5.41) is 3.49. The highest BCUT2D eigenvalue weighted by atomic mass is 79.9. The molecule has 0 radical (unpaired) electrons. The molecule has 92 valence electrons. The van der Waals surface area contributed by atoms with Crippen LogP contribution in [0.5, 0.6) is 0 Å². The summed E-state index contributed by atoms with van der Waals surface area (Å²) in [4.78, 5) is 4.95. The Balaban J connectivity index is 2.11. The monoisotopic (exact) mass is 295 g/mol. The number of nitrogens with one attached hydrogen (secondary N) is 1. The molecule has 1 N–H and O–H groups in total. The van der Waals surface area contributed by atoms with E-state index >= 15 is 0 Å². The van der Waals surface area contributed by atoms with Crippen molar-refractivity contribution < 1.29 is 0 Å². The zero-order valence-corrected chi connectivity index (χ0v) is 11.9. The van der Waals surface area contributed by atoms with Crippen molar-refractivity contribution >= 4 is 27.3 Å². The van der Waals surface area contributed by atoms with Crippen LogP contribution in [-0.4, -0.2) is 39.3 Å². The van der Waals surface area contributed by atoms with Gasteiger partial charge >= 0.3 is 0 Å². The number of piperazine rings is 1. The van der Waals surface area contributed by atoms with Crippen molar-refractivity contribution in [3.05, 3.63) is 22.2 Å². The Morgan fingerprint density at radius 1 is 1.41 bits per heavy atom. The van der Waals surface area contributed by atoms with Gasteiger partial charge in [-0.3, -0.25) is 0 Å². The lowest BCUT2D eigenvalue weighted by molar-refractivity contribution is 0.465. The number of likely N-dealkylation sites (N-methyl/N-ethyl adjacent to an activating group) is 1. The van der Waals surface area contributed by atoms with Gasteiger partial charge in [-0.15, -0.1) is 0 Å². The van der Waals surface area contributed by atoms with Crippen molar-refractivity contribution in [2.75, 3.05) is 43.0 Å². The molecule has 0 amide bonds. The first-order chi connectivity index (χ1) is 8.16. The second kappa shape index (κ2) is 4.18. The molecule has 1 atom stereocenters. The number of aryl methyl sites for hydroxylation is 1. The highest BCUT2D eigenvalue weighted by Crippen LogP contribution is 2.39. The van der Waals surface area contributed by atoms with Gasteiger partial charge in [0.05, 0.1) is 17.4 Å². The molecule has 1 saturated heterocycles. The van der Waals surface area contributed by atoms with Gasteiger partial charge in [0.15, 0.2) is 0 Å². The smallest absolute Gasteiger partial charge is 0.0638 e. The summed E-state index contributed by atoms with van der Waals surface area (Å²) < 4.78 is 1.18. The number of hydrogen-bond acceptors (Lipinski definition) is 3. The summed E-state index contributed by atoms with van der Waals surface area (Å²) >= 11 is 3.60. The molecular weight excluding hydrogens is 278 g/mol. The average molecular weight is 296 g/mol. The Labute approximate surface area is 111 Å². The second-order valence-corrected chi connectivity index (χ2v) is 5.94. The highest BCUT2D eigenvalue weighted by Gasteiger charge is 2.32. The molecule has 2 heterocycles. The Hall–Kier alpha value is -0.740. The van der Waals surface area contributed by atoms with Gasteiger partial charge in [-0.05, 0) is 24.6 Å². The maximum Gasteiger partial charge on any atom is 0.0638 e. The zero-order chi connectivity index (χ0) is 12.0. The van der Waals surface area contributed by atoms with Crippen molar-refractivity contribution in [3.8, 4) is 0 Å². The lowest BCUT2D eigenvalue weighted by atomic mass is 10.0. The number of benzene rings is 1. The largest absolute Gasteiger partial charge is 0.371 e. The van der Waals surface area contributed by atoms with Crippen molar-refractivity contribution in [1.82, 2.24) is 5.32 Å². The van der Waals surface area contributed by atoms with Gasteiger partial charge in [-0.1, -0.05) is 15.9 Å². The summed E-state index contributed by atoms with van der Waals surface area (Å²) in [7, 11) is 2.19. The van der Waals surface area contributed by atoms with Crippen LogP contribution in [0.2, 0.25) is 0 Å². The van der Waals surface area contributed by atoms with Crippen molar-refractivity contribution in [3.63, 3.8) is 0 Å². The van der Waals surface area contributed by atoms with E-state index < -0.39 is 0 Å². The van der Waals surface area contributed by atoms with Crippen LogP contribution in [0.4, 0.5) is 11.4 Å². The quantitative estimate of drug-likeness (QED) is 0.790. The Kier molecular flexibility index (Phi) is 2.79. The lowest BCUT2D eigenvalue weighted by Crippen LogP contribution is -2.58. The molecule has 4 heteroatoms. The van der Waals surface area contributed by atoms with Gasteiger partial charge in [0.1, 0.15) is 0 Å². The minimum Gasteiger partial charge on any atom is -0.371 e. The van der Waals surface area contributed by atoms with Gasteiger partial charge in [0.2, 0.25) is 0 Å². The van der Waals surface area contributed by atoms with E-state index in [1.165, 1.54) is 21.4 Å². The number of hydrogen-bond donors (Lipinski definition) is 1. The number of anilines is 2. The van der Waals surface area contributed by atoms with Crippen molar-refractivity contribution in [2.45, 2.75) is 13.0 Å². The van der Waals surface area contributed by atoms with Gasteiger partial charge in [0.25, 0.3) is 0 Å². The summed E-state index contributed by atoms with van der Waals surface area (Å²) in [5.74, 6) is 0. The van der Waals surface area contributed by atoms with Crippen LogP contribution >= 0.6 is 15.9 Å². The SMILES string of the molecule is Cc1cc(Br)cc2c1N1CCNCC1CN2C. The molecule has 0 bridgehead atoms. The molecule has 0 spiro atoms. The third kappa shape index (κ3) is 1.83. The van der Waals surface area contributed by atoms with Crippen LogP contribution in [0.3, 0.4) is 0 Å². The first-order valence-electron chi connectivity index (χ1n) is 6.15. The minimum absolute atomic E-state index is 0.612. The summed E-state index contributed by atoms with van der Waals surface area (Å²) in [6, 6.07) is 5.07. The second-order valence-electron chi connectivity index (χ2n) is 5.02. The molecule has 17 heavy (non-hydrogen) atoms.